The number of fused-ring (bicyclic) bond motifs is 1. The lowest BCUT2D eigenvalue weighted by molar-refractivity contribution is 0.108. The van der Waals surface area contributed by atoms with E-state index in [9.17, 15) is 0 Å². The van der Waals surface area contributed by atoms with E-state index in [1.54, 1.807) is 0 Å². The summed E-state index contributed by atoms with van der Waals surface area (Å²) in [4.78, 5) is 0. The highest BCUT2D eigenvalue weighted by atomic mass is 16.6. The van der Waals surface area contributed by atoms with Crippen LogP contribution in [0.25, 0.3) is 0 Å². The minimum Gasteiger partial charge on any atom is -0.379 e. The lowest BCUT2D eigenvalue weighted by Crippen LogP contribution is -2.33. The van der Waals surface area contributed by atoms with Gasteiger partial charge in [0.05, 0.1) is 49.3 Å². The van der Waals surface area contributed by atoms with E-state index in [4.69, 9.17) is 23.7 Å². The van der Waals surface area contributed by atoms with E-state index in [0.717, 1.165) is 32.8 Å². The first-order chi connectivity index (χ1) is 12.6. The molecule has 8 atom stereocenters. The van der Waals surface area contributed by atoms with E-state index in [1.165, 1.54) is 38.5 Å². The molecule has 0 aromatic heterocycles. The Balaban J connectivity index is 1.11. The van der Waals surface area contributed by atoms with Crippen LogP contribution in [0.15, 0.2) is 0 Å². The van der Waals surface area contributed by atoms with Crippen molar-refractivity contribution in [2.45, 2.75) is 94.4 Å². The SMILES string of the molecule is CC12CCC(C3(C)OC3C(CCCOCC3CO3)CCC3CO3)CC1O2. The first-order valence-corrected chi connectivity index (χ1v) is 10.7. The summed E-state index contributed by atoms with van der Waals surface area (Å²) in [5.74, 6) is 1.30. The fraction of sp³-hybridized carbons (Fsp3) is 1.00. The zero-order valence-electron chi connectivity index (χ0n) is 16.3. The third kappa shape index (κ3) is 3.83. The maximum Gasteiger partial charge on any atom is 0.104 e. The molecule has 5 aliphatic rings. The highest BCUT2D eigenvalue weighted by Crippen LogP contribution is 2.58. The Morgan fingerprint density at radius 1 is 1.08 bits per heavy atom. The molecule has 0 N–H and O–H groups in total. The Hall–Kier alpha value is -0.200. The molecule has 0 radical (unpaired) electrons. The van der Waals surface area contributed by atoms with Crippen LogP contribution in [-0.2, 0) is 23.7 Å². The van der Waals surface area contributed by atoms with Crippen molar-refractivity contribution in [1.29, 1.82) is 0 Å². The Kier molecular flexibility index (Phi) is 4.60. The molecule has 4 heterocycles. The molecular weight excluding hydrogens is 332 g/mol. The molecule has 8 unspecified atom stereocenters. The number of ether oxygens (including phenoxy) is 5. The Morgan fingerprint density at radius 3 is 2.62 bits per heavy atom. The van der Waals surface area contributed by atoms with E-state index < -0.39 is 0 Å². The summed E-state index contributed by atoms with van der Waals surface area (Å²) in [5, 5.41) is 0. The maximum absolute atomic E-state index is 6.41. The van der Waals surface area contributed by atoms with Gasteiger partial charge in [0, 0.05) is 6.61 Å². The van der Waals surface area contributed by atoms with Crippen molar-refractivity contribution in [1.82, 2.24) is 0 Å². The molecule has 1 saturated carbocycles. The first-order valence-electron chi connectivity index (χ1n) is 10.7. The predicted octanol–water partition coefficient (Wildman–Crippen LogP) is 3.09. The zero-order chi connectivity index (χ0) is 17.8. The fourth-order valence-corrected chi connectivity index (χ4v) is 5.21. The second-order valence-electron chi connectivity index (χ2n) is 9.58. The summed E-state index contributed by atoms with van der Waals surface area (Å²) in [6, 6.07) is 0. The number of epoxide rings is 4. The molecule has 4 aliphatic heterocycles. The normalized spacial score (nSPS) is 49.4. The third-order valence-corrected chi connectivity index (χ3v) is 7.48. The fourth-order valence-electron chi connectivity index (χ4n) is 5.21. The average Bonchev–Trinajstić information content (AvgIpc) is 3.46. The van der Waals surface area contributed by atoms with E-state index in [-0.39, 0.29) is 11.2 Å². The molecule has 0 bridgehead atoms. The summed E-state index contributed by atoms with van der Waals surface area (Å²) >= 11 is 0. The van der Waals surface area contributed by atoms with Gasteiger partial charge in [0.2, 0.25) is 0 Å². The molecule has 5 heteroatoms. The van der Waals surface area contributed by atoms with Crippen LogP contribution in [-0.4, -0.2) is 62.0 Å². The van der Waals surface area contributed by atoms with Crippen molar-refractivity contribution >= 4 is 0 Å². The van der Waals surface area contributed by atoms with Gasteiger partial charge in [-0.25, -0.2) is 0 Å². The standard InChI is InChI=1S/C21H34O5/c1-20-8-7-15(10-18(20)25-20)21(2)19(26-21)14(5-6-16-12-23-16)4-3-9-22-11-17-13-24-17/h14-19H,3-13H2,1-2H3. The second-order valence-corrected chi connectivity index (χ2v) is 9.58. The van der Waals surface area contributed by atoms with Crippen LogP contribution < -0.4 is 0 Å². The molecule has 4 saturated heterocycles. The molecule has 5 rings (SSSR count). The maximum atomic E-state index is 6.41. The molecule has 26 heavy (non-hydrogen) atoms. The van der Waals surface area contributed by atoms with Gasteiger partial charge in [-0.3, -0.25) is 0 Å². The van der Waals surface area contributed by atoms with Gasteiger partial charge in [-0.1, -0.05) is 0 Å². The van der Waals surface area contributed by atoms with Crippen LogP contribution in [0.4, 0.5) is 0 Å². The minimum absolute atomic E-state index is 0.0745. The topological polar surface area (TPSA) is 59.4 Å². The van der Waals surface area contributed by atoms with E-state index in [2.05, 4.69) is 13.8 Å². The average molecular weight is 366 g/mol. The van der Waals surface area contributed by atoms with Crippen LogP contribution in [0.5, 0.6) is 0 Å². The quantitative estimate of drug-likeness (QED) is 0.415. The van der Waals surface area contributed by atoms with Gasteiger partial charge in [-0.2, -0.15) is 0 Å². The number of rotatable bonds is 11. The molecular formula is C21H34O5. The molecule has 5 nitrogen and oxygen atoms in total. The lowest BCUT2D eigenvalue weighted by atomic mass is 9.73. The molecule has 5 fully saturated rings. The van der Waals surface area contributed by atoms with Gasteiger partial charge >= 0.3 is 0 Å². The summed E-state index contributed by atoms with van der Waals surface area (Å²) < 4.78 is 28.7. The van der Waals surface area contributed by atoms with Crippen LogP contribution in [0.2, 0.25) is 0 Å². The van der Waals surface area contributed by atoms with Crippen LogP contribution in [0, 0.1) is 11.8 Å². The van der Waals surface area contributed by atoms with Crippen LogP contribution >= 0.6 is 0 Å². The molecule has 1 aliphatic carbocycles. The van der Waals surface area contributed by atoms with Gasteiger partial charge in [-0.05, 0) is 70.6 Å². The minimum atomic E-state index is 0.0745. The number of hydrogen-bond donors (Lipinski definition) is 0. The first kappa shape index (κ1) is 17.9. The lowest BCUT2D eigenvalue weighted by Gasteiger charge is -2.27. The zero-order valence-corrected chi connectivity index (χ0v) is 16.3. The van der Waals surface area contributed by atoms with Crippen LogP contribution in [0.1, 0.15) is 58.8 Å². The van der Waals surface area contributed by atoms with E-state index in [1.807, 2.05) is 0 Å². The highest BCUT2D eigenvalue weighted by molar-refractivity contribution is 5.13. The number of hydrogen-bond acceptors (Lipinski definition) is 5. The van der Waals surface area contributed by atoms with Crippen molar-refractivity contribution in [3.63, 3.8) is 0 Å². The van der Waals surface area contributed by atoms with E-state index in [0.29, 0.717) is 36.3 Å². The van der Waals surface area contributed by atoms with Gasteiger partial charge in [-0.15, -0.1) is 0 Å². The summed E-state index contributed by atoms with van der Waals surface area (Å²) in [6.45, 7) is 8.07. The summed E-state index contributed by atoms with van der Waals surface area (Å²) in [6.07, 6.45) is 10.2. The molecule has 148 valence electrons. The van der Waals surface area contributed by atoms with Crippen molar-refractivity contribution in [2.24, 2.45) is 11.8 Å². The van der Waals surface area contributed by atoms with Crippen molar-refractivity contribution < 1.29 is 23.7 Å². The summed E-state index contributed by atoms with van der Waals surface area (Å²) in [7, 11) is 0. The van der Waals surface area contributed by atoms with Crippen LogP contribution in [0.3, 0.4) is 0 Å². The van der Waals surface area contributed by atoms with Crippen molar-refractivity contribution in [2.75, 3.05) is 26.4 Å². The molecule has 0 spiro atoms. The molecule has 0 aromatic carbocycles. The van der Waals surface area contributed by atoms with Gasteiger partial charge in [0.1, 0.15) is 6.10 Å². The van der Waals surface area contributed by atoms with Gasteiger partial charge in [0.25, 0.3) is 0 Å². The van der Waals surface area contributed by atoms with Crippen molar-refractivity contribution in [3.8, 4) is 0 Å². The largest absolute Gasteiger partial charge is 0.379 e. The third-order valence-electron chi connectivity index (χ3n) is 7.48. The monoisotopic (exact) mass is 366 g/mol. The smallest absolute Gasteiger partial charge is 0.104 e. The Labute approximate surface area is 157 Å². The van der Waals surface area contributed by atoms with Gasteiger partial charge in [0.15, 0.2) is 0 Å². The molecule has 0 aromatic rings. The molecule has 0 amide bonds. The Bertz CT molecular complexity index is 519. The summed E-state index contributed by atoms with van der Waals surface area (Å²) in [5.41, 5.74) is 0.271. The Morgan fingerprint density at radius 2 is 1.88 bits per heavy atom. The second kappa shape index (κ2) is 6.70. The van der Waals surface area contributed by atoms with Crippen molar-refractivity contribution in [3.05, 3.63) is 0 Å². The predicted molar refractivity (Wildman–Crippen MR) is 96.2 cm³/mol. The van der Waals surface area contributed by atoms with Gasteiger partial charge < -0.3 is 23.7 Å². The highest BCUT2D eigenvalue weighted by Gasteiger charge is 2.65. The van der Waals surface area contributed by atoms with E-state index >= 15 is 0 Å².